The van der Waals surface area contributed by atoms with Gasteiger partial charge in [-0.05, 0) is 35.9 Å². The zero-order valence-electron chi connectivity index (χ0n) is 12.8. The third-order valence-electron chi connectivity index (χ3n) is 3.86. The zero-order chi connectivity index (χ0) is 16.5. The molecule has 0 spiro atoms. The SMILES string of the molecule is NC(=O)Cc1cccc(-n2ccnc2-c2cccc3ccnn23)c1. The maximum Gasteiger partial charge on any atom is 0.221 e. The van der Waals surface area contributed by atoms with Gasteiger partial charge in [0.2, 0.25) is 5.91 Å². The van der Waals surface area contributed by atoms with Gasteiger partial charge in [0, 0.05) is 18.1 Å². The molecular formula is C18H15N5O. The van der Waals surface area contributed by atoms with Crippen LogP contribution in [-0.2, 0) is 11.2 Å². The van der Waals surface area contributed by atoms with Crippen molar-refractivity contribution in [2.75, 3.05) is 0 Å². The zero-order valence-corrected chi connectivity index (χ0v) is 12.8. The Bertz CT molecular complexity index is 1030. The lowest BCUT2D eigenvalue weighted by Gasteiger charge is -2.10. The summed E-state index contributed by atoms with van der Waals surface area (Å²) in [6.07, 6.45) is 5.62. The van der Waals surface area contributed by atoms with Gasteiger partial charge in [-0.2, -0.15) is 5.10 Å². The molecule has 4 aromatic rings. The fourth-order valence-electron chi connectivity index (χ4n) is 2.84. The highest BCUT2D eigenvalue weighted by atomic mass is 16.1. The van der Waals surface area contributed by atoms with Crippen LogP contribution in [0.4, 0.5) is 0 Å². The quantitative estimate of drug-likeness (QED) is 0.627. The van der Waals surface area contributed by atoms with E-state index in [1.807, 2.05) is 63.8 Å². The number of primary amides is 1. The lowest BCUT2D eigenvalue weighted by atomic mass is 10.1. The molecule has 0 aliphatic rings. The number of carbonyl (C=O) groups is 1. The van der Waals surface area contributed by atoms with Gasteiger partial charge >= 0.3 is 0 Å². The number of amides is 1. The second-order valence-electron chi connectivity index (χ2n) is 5.51. The number of carbonyl (C=O) groups excluding carboxylic acids is 1. The predicted octanol–water partition coefficient (Wildman–Crippen LogP) is 2.21. The van der Waals surface area contributed by atoms with Crippen molar-refractivity contribution >= 4 is 11.4 Å². The molecule has 24 heavy (non-hydrogen) atoms. The molecule has 0 saturated carbocycles. The number of nitrogens with zero attached hydrogens (tertiary/aromatic N) is 4. The van der Waals surface area contributed by atoms with E-state index in [-0.39, 0.29) is 12.3 Å². The summed E-state index contributed by atoms with van der Waals surface area (Å²) in [6.45, 7) is 0. The molecule has 0 saturated heterocycles. The molecule has 0 unspecified atom stereocenters. The molecule has 6 heteroatoms. The summed E-state index contributed by atoms with van der Waals surface area (Å²) in [4.78, 5) is 15.7. The monoisotopic (exact) mass is 317 g/mol. The van der Waals surface area contributed by atoms with Gasteiger partial charge in [0.1, 0.15) is 5.69 Å². The van der Waals surface area contributed by atoms with Crippen molar-refractivity contribution in [1.29, 1.82) is 0 Å². The first-order valence-corrected chi connectivity index (χ1v) is 7.56. The number of hydrogen-bond donors (Lipinski definition) is 1. The van der Waals surface area contributed by atoms with E-state index < -0.39 is 0 Å². The fraction of sp³-hybridized carbons (Fsp3) is 0.0556. The molecule has 4 rings (SSSR count). The van der Waals surface area contributed by atoms with Gasteiger partial charge in [-0.15, -0.1) is 0 Å². The number of hydrogen-bond acceptors (Lipinski definition) is 3. The summed E-state index contributed by atoms with van der Waals surface area (Å²) in [5.74, 6) is 0.430. The van der Waals surface area contributed by atoms with E-state index in [1.54, 1.807) is 12.4 Å². The molecule has 0 fully saturated rings. The summed E-state index contributed by atoms with van der Waals surface area (Å²) >= 11 is 0. The van der Waals surface area contributed by atoms with Crippen molar-refractivity contribution in [1.82, 2.24) is 19.2 Å². The van der Waals surface area contributed by atoms with E-state index in [1.165, 1.54) is 0 Å². The number of fused-ring (bicyclic) bond motifs is 1. The molecule has 1 aromatic carbocycles. The normalized spacial score (nSPS) is 11.0. The minimum atomic E-state index is -0.348. The van der Waals surface area contributed by atoms with Crippen LogP contribution in [0.15, 0.2) is 67.1 Å². The van der Waals surface area contributed by atoms with Gasteiger partial charge in [-0.25, -0.2) is 9.50 Å². The smallest absolute Gasteiger partial charge is 0.221 e. The van der Waals surface area contributed by atoms with E-state index in [2.05, 4.69) is 10.1 Å². The Balaban J connectivity index is 1.84. The van der Waals surface area contributed by atoms with Crippen molar-refractivity contribution in [2.45, 2.75) is 6.42 Å². The Morgan fingerprint density at radius 3 is 2.83 bits per heavy atom. The van der Waals surface area contributed by atoms with Crippen LogP contribution in [0.1, 0.15) is 5.56 Å². The molecule has 0 bridgehead atoms. The average Bonchev–Trinajstić information content (AvgIpc) is 3.23. The van der Waals surface area contributed by atoms with Crippen LogP contribution in [0, 0.1) is 0 Å². The van der Waals surface area contributed by atoms with E-state index in [0.717, 1.165) is 28.3 Å². The maximum absolute atomic E-state index is 11.2. The Morgan fingerprint density at radius 2 is 1.96 bits per heavy atom. The summed E-state index contributed by atoms with van der Waals surface area (Å²) < 4.78 is 3.83. The molecule has 0 atom stereocenters. The summed E-state index contributed by atoms with van der Waals surface area (Å²) in [7, 11) is 0. The Labute approximate surface area is 138 Å². The number of benzene rings is 1. The highest BCUT2D eigenvalue weighted by molar-refractivity contribution is 5.76. The minimum Gasteiger partial charge on any atom is -0.369 e. The summed E-state index contributed by atoms with van der Waals surface area (Å²) in [5.41, 5.74) is 8.98. The predicted molar refractivity (Wildman–Crippen MR) is 90.6 cm³/mol. The minimum absolute atomic E-state index is 0.215. The van der Waals surface area contributed by atoms with Gasteiger partial charge in [0.25, 0.3) is 0 Å². The van der Waals surface area contributed by atoms with Crippen LogP contribution < -0.4 is 5.73 Å². The molecule has 2 N–H and O–H groups in total. The van der Waals surface area contributed by atoms with Crippen molar-refractivity contribution in [2.24, 2.45) is 5.73 Å². The Kier molecular flexibility index (Phi) is 3.35. The maximum atomic E-state index is 11.2. The second-order valence-corrected chi connectivity index (χ2v) is 5.51. The molecule has 6 nitrogen and oxygen atoms in total. The molecule has 3 heterocycles. The third kappa shape index (κ3) is 2.44. The van der Waals surface area contributed by atoms with Gasteiger partial charge in [-0.1, -0.05) is 18.2 Å². The topological polar surface area (TPSA) is 78.2 Å². The number of imidazole rings is 1. The van der Waals surface area contributed by atoms with E-state index in [4.69, 9.17) is 5.73 Å². The average molecular weight is 317 g/mol. The van der Waals surface area contributed by atoms with Crippen molar-refractivity contribution < 1.29 is 4.79 Å². The first-order chi connectivity index (χ1) is 11.7. The molecule has 0 aliphatic carbocycles. The van der Waals surface area contributed by atoms with Gasteiger partial charge in [0.15, 0.2) is 5.82 Å². The first-order valence-electron chi connectivity index (χ1n) is 7.56. The van der Waals surface area contributed by atoms with Gasteiger partial charge in [-0.3, -0.25) is 9.36 Å². The van der Waals surface area contributed by atoms with Crippen LogP contribution in [0.3, 0.4) is 0 Å². The van der Waals surface area contributed by atoms with Crippen LogP contribution >= 0.6 is 0 Å². The summed E-state index contributed by atoms with van der Waals surface area (Å²) in [6, 6.07) is 15.6. The number of pyridine rings is 1. The van der Waals surface area contributed by atoms with E-state index >= 15 is 0 Å². The Hall–Kier alpha value is -3.41. The molecule has 3 aromatic heterocycles. The molecular weight excluding hydrogens is 302 g/mol. The lowest BCUT2D eigenvalue weighted by molar-refractivity contribution is -0.117. The first kappa shape index (κ1) is 14.2. The third-order valence-corrected chi connectivity index (χ3v) is 3.86. The Morgan fingerprint density at radius 1 is 1.08 bits per heavy atom. The van der Waals surface area contributed by atoms with Crippen molar-refractivity contribution in [3.8, 4) is 17.2 Å². The summed E-state index contributed by atoms with van der Waals surface area (Å²) in [5, 5.41) is 4.37. The fourth-order valence-corrected chi connectivity index (χ4v) is 2.84. The van der Waals surface area contributed by atoms with Crippen LogP contribution in [-0.4, -0.2) is 25.1 Å². The van der Waals surface area contributed by atoms with Gasteiger partial charge < -0.3 is 5.73 Å². The number of rotatable bonds is 4. The molecule has 118 valence electrons. The van der Waals surface area contributed by atoms with Crippen LogP contribution in [0.5, 0.6) is 0 Å². The van der Waals surface area contributed by atoms with Crippen molar-refractivity contribution in [3.63, 3.8) is 0 Å². The van der Waals surface area contributed by atoms with E-state index in [9.17, 15) is 4.79 Å². The standard InChI is InChI=1S/C18H15N5O/c19-17(24)12-13-3-1-5-15(11-13)22-10-9-20-18(22)16-6-2-4-14-7-8-21-23(14)16/h1-11H,12H2,(H2,19,24). The lowest BCUT2D eigenvalue weighted by Crippen LogP contribution is -2.13. The van der Waals surface area contributed by atoms with Crippen LogP contribution in [0.2, 0.25) is 0 Å². The highest BCUT2D eigenvalue weighted by Gasteiger charge is 2.12. The molecule has 0 radical (unpaired) electrons. The van der Waals surface area contributed by atoms with Crippen LogP contribution in [0.25, 0.3) is 22.7 Å². The highest BCUT2D eigenvalue weighted by Crippen LogP contribution is 2.23. The second kappa shape index (κ2) is 5.66. The van der Waals surface area contributed by atoms with Gasteiger partial charge in [0.05, 0.1) is 18.1 Å². The van der Waals surface area contributed by atoms with E-state index in [0.29, 0.717) is 0 Å². The molecule has 1 amide bonds. The van der Waals surface area contributed by atoms with Crippen molar-refractivity contribution in [3.05, 3.63) is 72.7 Å². The molecule has 0 aliphatic heterocycles. The largest absolute Gasteiger partial charge is 0.369 e. The number of nitrogens with two attached hydrogens (primary N) is 1. The number of aromatic nitrogens is 4.